The zero-order valence-electron chi connectivity index (χ0n) is 82.8. The van der Waals surface area contributed by atoms with Crippen molar-refractivity contribution in [2.45, 2.75) is 330 Å². The third kappa shape index (κ3) is 37.7. The van der Waals surface area contributed by atoms with Gasteiger partial charge < -0.3 is 24.8 Å². The maximum Gasteiger partial charge on any atom is 0.151 e. The molecular weight excluding hydrogens is 1510 g/mol. The average Bonchev–Trinajstić information content (AvgIpc) is 1.82. The third-order valence-corrected chi connectivity index (χ3v) is 23.1. The number of aromatic nitrogens is 7. The lowest BCUT2D eigenvalue weighted by Crippen LogP contribution is -2.49. The first-order valence-electron chi connectivity index (χ1n) is 47.1. The number of piperidine rings is 1. The predicted octanol–water partition coefficient (Wildman–Crippen LogP) is 28.1. The Morgan fingerprint density at radius 2 is 0.715 bits per heavy atom. The van der Waals surface area contributed by atoms with Gasteiger partial charge in [-0.25, -0.2) is 14.1 Å². The van der Waals surface area contributed by atoms with Gasteiger partial charge in [0.1, 0.15) is 17.4 Å². The number of anilines is 4. The normalized spacial score (nSPS) is 14.1. The van der Waals surface area contributed by atoms with Crippen molar-refractivity contribution in [1.29, 1.82) is 0 Å². The van der Waals surface area contributed by atoms with E-state index >= 15 is 0 Å². The first-order valence-corrected chi connectivity index (χ1v) is 47.1. The summed E-state index contributed by atoms with van der Waals surface area (Å²) in [5, 5.41) is 20.1. The first-order chi connectivity index (χ1) is 58.1. The van der Waals surface area contributed by atoms with Crippen LogP contribution in [0.4, 0.5) is 27.4 Å². The van der Waals surface area contributed by atoms with Gasteiger partial charge >= 0.3 is 0 Å². The van der Waals surface area contributed by atoms with E-state index in [1.165, 1.54) is 82.7 Å². The highest BCUT2D eigenvalue weighted by molar-refractivity contribution is 5.50. The molecule has 3 saturated heterocycles. The second kappa shape index (κ2) is 53.7. The molecule has 0 saturated carbocycles. The molecule has 12 rings (SSSR count). The van der Waals surface area contributed by atoms with E-state index in [9.17, 15) is 4.39 Å². The van der Waals surface area contributed by atoms with Crippen molar-refractivity contribution >= 4 is 23.0 Å². The average molecular weight is 1680 g/mol. The molecular formula is C108H168FN13O. The van der Waals surface area contributed by atoms with E-state index in [0.717, 1.165) is 104 Å². The van der Waals surface area contributed by atoms with Crippen LogP contribution >= 0.6 is 0 Å². The summed E-state index contributed by atoms with van der Waals surface area (Å²) in [6.07, 6.45) is 10.2. The van der Waals surface area contributed by atoms with Crippen LogP contribution in [0.2, 0.25) is 0 Å². The van der Waals surface area contributed by atoms with Crippen molar-refractivity contribution < 1.29 is 9.13 Å². The molecule has 0 spiro atoms. The minimum atomic E-state index is -0.162. The fraction of sp³-hybridized carbons (Fsp3) is 0.574. The lowest BCUT2D eigenvalue weighted by Gasteiger charge is -2.38. The standard InChI is InChI=1S/C16H27N3.C16H26N2.C15H25N3.C14H19N3.C12H18FN.C12H18O.C12H18.C11H17N/c1-12(2)11-14-7-9-19(10-8-14)16-6-5-15(13(3)4)17-18-16;1-13(2)15-5-7-16(8-6-15)18-11-9-17(10-12-18)14(3)4;1-12(2)14-5-6-15(16-11-14)18-9-7-17(8-10-18)13(3)4;1-10(2)12-5-7-13(8-6-12)17-9-14(11(3)4)15-16-17;1-8(2)10-5-6-12(11(13)7-10)14-9(3)4;1-9(2)11-5-7-12(8-6-11)13-10(3)4;1-9(2)11-5-7-12(8-6-11)10(3)4;1-8(2)10-5-6-11(9(3)4)12-7-10/h5-6,12-14H,7-11H2,1-4H3;5-8,13-14H,9-12H2,1-4H3;5-6,11-13H,7-10H2,1-4H3;5-11H,1-4H3;5-9,14H,1-4H3;5-10H,1-4H3;5-10H,1-4H3;5-9H,1-4H3. The number of pyridine rings is 2. The van der Waals surface area contributed by atoms with Gasteiger partial charge in [0.25, 0.3) is 0 Å². The third-order valence-electron chi connectivity index (χ3n) is 23.1. The van der Waals surface area contributed by atoms with Crippen LogP contribution < -0.4 is 24.8 Å². The number of rotatable bonds is 23. The summed E-state index contributed by atoms with van der Waals surface area (Å²) in [6, 6.07) is 54.8. The summed E-state index contributed by atoms with van der Waals surface area (Å²) in [7, 11) is 0. The Hall–Kier alpha value is -8.53. The molecule has 0 aliphatic carbocycles. The lowest BCUT2D eigenvalue weighted by molar-refractivity contribution is 0.209. The number of halogens is 1. The van der Waals surface area contributed by atoms with Gasteiger partial charge in [0.15, 0.2) is 5.82 Å². The number of benzene rings is 5. The number of nitrogens with one attached hydrogen (secondary N) is 1. The smallest absolute Gasteiger partial charge is 0.151 e. The maximum absolute atomic E-state index is 13.5. The second-order valence-corrected chi connectivity index (χ2v) is 39.0. The molecule has 5 aromatic carbocycles. The van der Waals surface area contributed by atoms with Crippen LogP contribution in [0.25, 0.3) is 5.69 Å². The molecule has 0 amide bonds. The van der Waals surface area contributed by atoms with Gasteiger partial charge in [0.2, 0.25) is 0 Å². The Bertz CT molecular complexity index is 4070. The van der Waals surface area contributed by atoms with Gasteiger partial charge in [-0.3, -0.25) is 14.8 Å². The van der Waals surface area contributed by atoms with Crippen LogP contribution in [0.1, 0.15) is 368 Å². The van der Waals surface area contributed by atoms with E-state index in [0.29, 0.717) is 82.9 Å². The minimum Gasteiger partial charge on any atom is -0.491 e. The zero-order chi connectivity index (χ0) is 91.3. The Kier molecular flexibility index (Phi) is 45.9. The predicted molar refractivity (Wildman–Crippen MR) is 529 cm³/mol. The first kappa shape index (κ1) is 105. The summed E-state index contributed by atoms with van der Waals surface area (Å²) >= 11 is 0. The number of piperazine rings is 2. The summed E-state index contributed by atoms with van der Waals surface area (Å²) < 4.78 is 20.9. The van der Waals surface area contributed by atoms with Gasteiger partial charge in [-0.15, -0.1) is 10.2 Å². The minimum absolute atomic E-state index is 0.162. The largest absolute Gasteiger partial charge is 0.491 e. The van der Waals surface area contributed by atoms with Gasteiger partial charge in [0.05, 0.1) is 35.1 Å². The molecule has 3 fully saturated rings. The van der Waals surface area contributed by atoms with Gasteiger partial charge in [-0.2, -0.15) is 5.10 Å². The van der Waals surface area contributed by atoms with Crippen LogP contribution in [0, 0.1) is 17.7 Å². The Morgan fingerprint density at radius 1 is 0.341 bits per heavy atom. The van der Waals surface area contributed by atoms with Crippen LogP contribution in [0.5, 0.6) is 5.75 Å². The monoisotopic (exact) mass is 1680 g/mol. The summed E-state index contributed by atoms with van der Waals surface area (Å²) in [5.41, 5.74) is 17.0. The van der Waals surface area contributed by atoms with Crippen molar-refractivity contribution in [2.24, 2.45) is 11.8 Å². The molecule has 0 atom stereocenters. The van der Waals surface area contributed by atoms with Crippen LogP contribution in [0.15, 0.2) is 170 Å². The van der Waals surface area contributed by atoms with E-state index in [-0.39, 0.29) is 18.0 Å². The molecule has 14 nitrogen and oxygen atoms in total. The number of ether oxygens (including phenoxy) is 1. The van der Waals surface area contributed by atoms with Gasteiger partial charge in [-0.05, 0) is 269 Å². The van der Waals surface area contributed by atoms with Crippen molar-refractivity contribution in [3.63, 3.8) is 0 Å². The number of nitrogens with zero attached hydrogens (tertiary/aromatic N) is 12. The zero-order valence-corrected chi connectivity index (χ0v) is 82.8. The maximum atomic E-state index is 13.5. The molecule has 678 valence electrons. The van der Waals surface area contributed by atoms with Gasteiger partial charge in [-0.1, -0.05) is 250 Å². The SMILES string of the molecule is CC(C)CC1CCN(c2ccc(C(C)C)nn2)CC1.CC(C)Nc1ccc(C(C)C)cc1F.CC(C)Oc1ccc(C(C)C)cc1.CC(C)c1ccc(-n2cc(C(C)C)nn2)cc1.CC(C)c1ccc(C(C)C)cc1.CC(C)c1ccc(C(C)C)nc1.CC(C)c1ccc(N2CCN(C(C)C)CC2)cc1.CC(C)c1ccc(N2CCN(C(C)C)CC2)nc1. The molecule has 1 N–H and O–H groups in total. The topological polar surface area (TPSA) is 120 Å². The summed E-state index contributed by atoms with van der Waals surface area (Å²) in [4.78, 5) is 21.4. The van der Waals surface area contributed by atoms with Crippen molar-refractivity contribution in [1.82, 2.24) is 45.0 Å². The van der Waals surface area contributed by atoms with E-state index in [1.807, 2.05) is 75.2 Å². The lowest BCUT2D eigenvalue weighted by atomic mass is 9.89. The Labute approximate surface area is 749 Å². The Morgan fingerprint density at radius 3 is 1.07 bits per heavy atom. The Balaban J connectivity index is 0.000000251. The van der Waals surface area contributed by atoms with Crippen LogP contribution in [-0.2, 0) is 0 Å². The fourth-order valence-electron chi connectivity index (χ4n) is 14.4. The highest BCUT2D eigenvalue weighted by atomic mass is 19.1. The molecule has 7 heterocycles. The molecule has 0 radical (unpaired) electrons. The molecule has 3 aliphatic rings. The quantitative estimate of drug-likeness (QED) is 0.0655. The van der Waals surface area contributed by atoms with Crippen LogP contribution in [0.3, 0.4) is 0 Å². The fourth-order valence-corrected chi connectivity index (χ4v) is 14.4. The molecule has 0 bridgehead atoms. The molecule has 15 heteroatoms. The highest BCUT2D eigenvalue weighted by Crippen LogP contribution is 2.30. The molecule has 0 unspecified atom stereocenters. The number of hydrogen-bond acceptors (Lipinski definition) is 13. The molecule has 123 heavy (non-hydrogen) atoms. The summed E-state index contributed by atoms with van der Waals surface area (Å²) in [6.45, 7) is 81.2. The van der Waals surface area contributed by atoms with E-state index in [2.05, 4.69) is 375 Å². The van der Waals surface area contributed by atoms with Crippen molar-refractivity contribution in [3.05, 3.63) is 238 Å². The van der Waals surface area contributed by atoms with Gasteiger partial charge in [0, 0.05) is 107 Å². The summed E-state index contributed by atoms with van der Waals surface area (Å²) in [5.74, 6) is 10.7. The van der Waals surface area contributed by atoms with Crippen molar-refractivity contribution in [2.75, 3.05) is 85.5 Å². The van der Waals surface area contributed by atoms with E-state index in [1.54, 1.807) is 6.07 Å². The van der Waals surface area contributed by atoms with Crippen molar-refractivity contribution in [3.8, 4) is 11.4 Å². The molecule has 3 aliphatic heterocycles. The number of hydrogen-bond donors (Lipinski definition) is 1. The van der Waals surface area contributed by atoms with E-state index in [4.69, 9.17) is 4.74 Å². The molecule has 9 aromatic rings. The second-order valence-electron chi connectivity index (χ2n) is 39.0. The molecule has 4 aromatic heterocycles. The van der Waals surface area contributed by atoms with E-state index < -0.39 is 0 Å². The van der Waals surface area contributed by atoms with Crippen LogP contribution in [-0.4, -0.2) is 135 Å². The highest BCUT2D eigenvalue weighted by Gasteiger charge is 2.24.